The second kappa shape index (κ2) is 5.33. The van der Waals surface area contributed by atoms with E-state index in [2.05, 4.69) is 5.32 Å². The topological polar surface area (TPSA) is 67.8 Å². The van der Waals surface area contributed by atoms with Crippen LogP contribution in [0.5, 0.6) is 5.75 Å². The van der Waals surface area contributed by atoms with Gasteiger partial charge in [0, 0.05) is 16.7 Å². The Morgan fingerprint density at radius 2 is 2.29 bits per heavy atom. The third kappa shape index (κ3) is 2.52. The average molecular weight is 310 g/mol. The first-order valence-electron chi connectivity index (χ1n) is 6.75. The van der Waals surface area contributed by atoms with Crippen LogP contribution in [0.3, 0.4) is 0 Å². The Hall–Kier alpha value is -1.56. The number of hydrogen-bond acceptors (Lipinski definition) is 4. The van der Waals surface area contributed by atoms with Crippen LogP contribution in [0.25, 0.3) is 5.57 Å². The summed E-state index contributed by atoms with van der Waals surface area (Å²) in [4.78, 5) is 12.2. The average Bonchev–Trinajstić information content (AvgIpc) is 2.49. The molecule has 0 fully saturated rings. The fourth-order valence-corrected chi connectivity index (χ4v) is 2.66. The Kier molecular flexibility index (Phi) is 3.65. The van der Waals surface area contributed by atoms with E-state index in [1.54, 1.807) is 13.0 Å². The SMILES string of the molecule is CC1(CO)Oc2cc(Cl)cc(C3=CCOCC3)c2NC1=O. The fourth-order valence-electron chi connectivity index (χ4n) is 2.46. The summed E-state index contributed by atoms with van der Waals surface area (Å²) in [6.45, 7) is 2.31. The van der Waals surface area contributed by atoms with E-state index in [1.165, 1.54) is 0 Å². The third-order valence-corrected chi connectivity index (χ3v) is 3.95. The zero-order valence-corrected chi connectivity index (χ0v) is 12.4. The molecular weight excluding hydrogens is 294 g/mol. The molecule has 5 nitrogen and oxygen atoms in total. The minimum absolute atomic E-state index is 0.367. The van der Waals surface area contributed by atoms with Gasteiger partial charge in [0.05, 0.1) is 25.5 Å². The summed E-state index contributed by atoms with van der Waals surface area (Å²) in [5, 5.41) is 12.7. The molecule has 0 aromatic heterocycles. The summed E-state index contributed by atoms with van der Waals surface area (Å²) in [7, 11) is 0. The monoisotopic (exact) mass is 309 g/mol. The van der Waals surface area contributed by atoms with Gasteiger partial charge in [-0.15, -0.1) is 0 Å². The van der Waals surface area contributed by atoms with Gasteiger partial charge in [-0.3, -0.25) is 4.79 Å². The van der Waals surface area contributed by atoms with Crippen LogP contribution in [0.1, 0.15) is 18.9 Å². The molecule has 1 atom stereocenters. The first kappa shape index (κ1) is 14.4. The number of hydrogen-bond donors (Lipinski definition) is 2. The van der Waals surface area contributed by atoms with Gasteiger partial charge in [-0.2, -0.15) is 0 Å². The quantitative estimate of drug-likeness (QED) is 0.879. The molecule has 0 saturated heterocycles. The number of fused-ring (bicyclic) bond motifs is 1. The number of aliphatic hydroxyl groups excluding tert-OH is 1. The molecular formula is C15H16ClNO4. The molecule has 0 spiro atoms. The van der Waals surface area contributed by atoms with E-state index < -0.39 is 12.2 Å². The number of rotatable bonds is 2. The maximum atomic E-state index is 12.2. The van der Waals surface area contributed by atoms with Crippen molar-refractivity contribution >= 4 is 28.8 Å². The van der Waals surface area contributed by atoms with E-state index in [1.807, 2.05) is 12.1 Å². The number of ether oxygens (including phenoxy) is 2. The number of nitrogens with one attached hydrogen (secondary N) is 1. The maximum Gasteiger partial charge on any atom is 0.270 e. The van der Waals surface area contributed by atoms with E-state index in [4.69, 9.17) is 21.1 Å². The zero-order valence-electron chi connectivity index (χ0n) is 11.6. The minimum atomic E-state index is -1.29. The van der Waals surface area contributed by atoms with Crippen LogP contribution in [-0.2, 0) is 9.53 Å². The lowest BCUT2D eigenvalue weighted by atomic mass is 9.96. The molecule has 2 aliphatic heterocycles. The zero-order chi connectivity index (χ0) is 15.0. The van der Waals surface area contributed by atoms with Crippen molar-refractivity contribution < 1.29 is 19.4 Å². The van der Waals surface area contributed by atoms with Crippen molar-refractivity contribution in [3.05, 3.63) is 28.8 Å². The van der Waals surface area contributed by atoms with Crippen LogP contribution in [0, 0.1) is 0 Å². The molecule has 1 unspecified atom stereocenters. The molecule has 1 aromatic carbocycles. The van der Waals surface area contributed by atoms with Crippen LogP contribution in [0.15, 0.2) is 18.2 Å². The summed E-state index contributed by atoms with van der Waals surface area (Å²) in [6.07, 6.45) is 2.72. The number of amides is 1. The van der Waals surface area contributed by atoms with Gasteiger partial charge in [-0.05, 0) is 25.0 Å². The van der Waals surface area contributed by atoms with Crippen molar-refractivity contribution in [2.24, 2.45) is 0 Å². The Balaban J connectivity index is 2.09. The van der Waals surface area contributed by atoms with E-state index in [0.717, 1.165) is 17.6 Å². The number of benzene rings is 1. The molecule has 2 N–H and O–H groups in total. The second-order valence-electron chi connectivity index (χ2n) is 5.33. The number of aliphatic hydroxyl groups is 1. The van der Waals surface area contributed by atoms with Gasteiger partial charge < -0.3 is 19.9 Å². The molecule has 112 valence electrons. The lowest BCUT2D eigenvalue weighted by molar-refractivity contribution is -0.134. The minimum Gasteiger partial charge on any atom is -0.473 e. The maximum absolute atomic E-state index is 12.2. The van der Waals surface area contributed by atoms with Crippen LogP contribution in [-0.4, -0.2) is 36.4 Å². The first-order chi connectivity index (χ1) is 10.0. The Bertz CT molecular complexity index is 628. The van der Waals surface area contributed by atoms with Crippen LogP contribution in [0.4, 0.5) is 5.69 Å². The lowest BCUT2D eigenvalue weighted by Crippen LogP contribution is -2.51. The molecule has 0 bridgehead atoms. The molecule has 21 heavy (non-hydrogen) atoms. The highest BCUT2D eigenvalue weighted by Crippen LogP contribution is 2.42. The van der Waals surface area contributed by atoms with Crippen molar-refractivity contribution in [2.75, 3.05) is 25.1 Å². The Morgan fingerprint density at radius 3 is 2.95 bits per heavy atom. The smallest absolute Gasteiger partial charge is 0.270 e. The summed E-state index contributed by atoms with van der Waals surface area (Å²) >= 11 is 6.16. The summed E-state index contributed by atoms with van der Waals surface area (Å²) < 4.78 is 11.0. The van der Waals surface area contributed by atoms with Crippen LogP contribution >= 0.6 is 11.6 Å². The highest BCUT2D eigenvalue weighted by atomic mass is 35.5. The Morgan fingerprint density at radius 1 is 1.48 bits per heavy atom. The highest BCUT2D eigenvalue weighted by Gasteiger charge is 2.40. The number of anilines is 1. The van der Waals surface area contributed by atoms with Crippen molar-refractivity contribution in [2.45, 2.75) is 18.9 Å². The summed E-state index contributed by atoms with van der Waals surface area (Å²) in [5.74, 6) is 0.106. The van der Waals surface area contributed by atoms with Gasteiger partial charge in [0.1, 0.15) is 5.75 Å². The van der Waals surface area contributed by atoms with Gasteiger partial charge in [0.25, 0.3) is 5.91 Å². The van der Waals surface area contributed by atoms with E-state index in [9.17, 15) is 9.90 Å². The summed E-state index contributed by atoms with van der Waals surface area (Å²) in [5.41, 5.74) is 1.22. The van der Waals surface area contributed by atoms with E-state index in [0.29, 0.717) is 29.7 Å². The summed E-state index contributed by atoms with van der Waals surface area (Å²) in [6, 6.07) is 3.45. The number of carbonyl (C=O) groups excluding carboxylic acids is 1. The van der Waals surface area contributed by atoms with Crippen LogP contribution in [0.2, 0.25) is 5.02 Å². The molecule has 0 saturated carbocycles. The molecule has 3 rings (SSSR count). The van der Waals surface area contributed by atoms with Crippen molar-refractivity contribution in [1.29, 1.82) is 0 Å². The molecule has 1 aromatic rings. The van der Waals surface area contributed by atoms with Gasteiger partial charge in [-0.25, -0.2) is 0 Å². The van der Waals surface area contributed by atoms with Gasteiger partial charge in [0.15, 0.2) is 0 Å². The third-order valence-electron chi connectivity index (χ3n) is 3.73. The fraction of sp³-hybridized carbons (Fsp3) is 0.400. The van der Waals surface area contributed by atoms with Crippen molar-refractivity contribution in [1.82, 2.24) is 0 Å². The predicted molar refractivity (Wildman–Crippen MR) is 79.6 cm³/mol. The largest absolute Gasteiger partial charge is 0.473 e. The number of carbonyl (C=O) groups is 1. The van der Waals surface area contributed by atoms with Crippen molar-refractivity contribution in [3.8, 4) is 5.75 Å². The molecule has 2 aliphatic rings. The van der Waals surface area contributed by atoms with Gasteiger partial charge >= 0.3 is 0 Å². The molecule has 0 radical (unpaired) electrons. The molecule has 2 heterocycles. The lowest BCUT2D eigenvalue weighted by Gasteiger charge is -2.34. The van der Waals surface area contributed by atoms with Gasteiger partial charge in [-0.1, -0.05) is 17.7 Å². The molecule has 0 aliphatic carbocycles. The van der Waals surface area contributed by atoms with Crippen molar-refractivity contribution in [3.63, 3.8) is 0 Å². The molecule has 1 amide bonds. The van der Waals surface area contributed by atoms with Gasteiger partial charge in [0.2, 0.25) is 5.60 Å². The molecule has 6 heteroatoms. The highest BCUT2D eigenvalue weighted by molar-refractivity contribution is 6.31. The number of halogens is 1. The normalized spacial score (nSPS) is 24.7. The predicted octanol–water partition coefficient (Wildman–Crippen LogP) is 2.23. The standard InChI is InChI=1S/C15H16ClNO4/c1-15(8-18)14(19)17-13-11(9-2-4-20-5-3-9)6-10(16)7-12(13)21-15/h2,6-7,18H,3-5,8H2,1H3,(H,17,19). The van der Waals surface area contributed by atoms with E-state index >= 15 is 0 Å². The van der Waals surface area contributed by atoms with Crippen LogP contribution < -0.4 is 10.1 Å². The second-order valence-corrected chi connectivity index (χ2v) is 5.76. The first-order valence-corrected chi connectivity index (χ1v) is 7.13. The van der Waals surface area contributed by atoms with E-state index in [-0.39, 0.29) is 5.91 Å². The Labute approximate surface area is 127 Å².